The molecule has 3 rings (SSSR count). The Morgan fingerprint density at radius 3 is 2.68 bits per heavy atom. The van der Waals surface area contributed by atoms with Crippen LogP contribution in [0, 0.1) is 17.6 Å². The molecule has 1 heterocycles. The number of anilines is 1. The molecule has 0 radical (unpaired) electrons. The summed E-state index contributed by atoms with van der Waals surface area (Å²) in [6, 6.07) is 6.59. The Kier molecular flexibility index (Phi) is 5.02. The molecular weight excluding hydrogens is 328 g/mol. The summed E-state index contributed by atoms with van der Waals surface area (Å²) in [5.41, 5.74) is 0.866. The van der Waals surface area contributed by atoms with E-state index in [1.54, 1.807) is 24.5 Å². The second-order valence-electron chi connectivity index (χ2n) is 5.94. The summed E-state index contributed by atoms with van der Waals surface area (Å²) < 4.78 is 26.9. The average molecular weight is 345 g/mol. The van der Waals surface area contributed by atoms with Gasteiger partial charge in [-0.3, -0.25) is 14.6 Å². The molecule has 130 valence electrons. The number of hydrogen-bond acceptors (Lipinski definition) is 3. The van der Waals surface area contributed by atoms with Crippen LogP contribution in [0.15, 0.2) is 42.7 Å². The van der Waals surface area contributed by atoms with E-state index in [1.807, 2.05) is 0 Å². The Morgan fingerprint density at radius 1 is 1.16 bits per heavy atom. The van der Waals surface area contributed by atoms with Crippen LogP contribution in [0.3, 0.4) is 0 Å². The van der Waals surface area contributed by atoms with E-state index in [2.05, 4.69) is 15.6 Å². The van der Waals surface area contributed by atoms with E-state index in [-0.39, 0.29) is 42.2 Å². The lowest BCUT2D eigenvalue weighted by Crippen LogP contribution is -2.29. The molecule has 2 N–H and O–H groups in total. The lowest BCUT2D eigenvalue weighted by Gasteiger charge is -2.07. The molecule has 1 aliphatic carbocycles. The number of nitrogens with one attached hydrogen (secondary N) is 2. The van der Waals surface area contributed by atoms with Crippen molar-refractivity contribution >= 4 is 17.5 Å². The van der Waals surface area contributed by atoms with Crippen molar-refractivity contribution in [3.8, 4) is 0 Å². The third-order valence-electron chi connectivity index (χ3n) is 4.10. The number of amides is 2. The van der Waals surface area contributed by atoms with Gasteiger partial charge in [-0.25, -0.2) is 8.78 Å². The van der Waals surface area contributed by atoms with Crippen molar-refractivity contribution in [1.29, 1.82) is 0 Å². The summed E-state index contributed by atoms with van der Waals surface area (Å²) in [5, 5.41) is 5.35. The first-order valence-electron chi connectivity index (χ1n) is 7.97. The highest BCUT2D eigenvalue weighted by atomic mass is 19.1. The molecule has 25 heavy (non-hydrogen) atoms. The summed E-state index contributed by atoms with van der Waals surface area (Å²) in [5.74, 6) is -2.17. The number of hydrogen-bond donors (Lipinski definition) is 2. The van der Waals surface area contributed by atoms with Gasteiger partial charge in [0.25, 0.3) is 0 Å². The van der Waals surface area contributed by atoms with Crippen LogP contribution in [-0.4, -0.2) is 23.3 Å². The molecule has 0 spiro atoms. The quantitative estimate of drug-likeness (QED) is 0.845. The average Bonchev–Trinajstić information content (AvgIpc) is 3.38. The van der Waals surface area contributed by atoms with E-state index in [9.17, 15) is 18.4 Å². The molecule has 1 aromatic heterocycles. The van der Waals surface area contributed by atoms with Crippen LogP contribution in [0.2, 0.25) is 0 Å². The van der Waals surface area contributed by atoms with E-state index in [1.165, 1.54) is 0 Å². The summed E-state index contributed by atoms with van der Waals surface area (Å²) in [6.07, 6.45) is 3.74. The maximum Gasteiger partial charge on any atom is 0.226 e. The second-order valence-corrected chi connectivity index (χ2v) is 5.94. The topological polar surface area (TPSA) is 71.1 Å². The molecule has 0 saturated heterocycles. The fourth-order valence-corrected chi connectivity index (χ4v) is 2.72. The van der Waals surface area contributed by atoms with Gasteiger partial charge in [0.2, 0.25) is 11.8 Å². The second kappa shape index (κ2) is 7.38. The van der Waals surface area contributed by atoms with E-state index >= 15 is 0 Å². The number of benzene rings is 1. The summed E-state index contributed by atoms with van der Waals surface area (Å²) in [6.45, 7) is 0.185. The van der Waals surface area contributed by atoms with Crippen LogP contribution in [0.5, 0.6) is 0 Å². The van der Waals surface area contributed by atoms with E-state index in [0.29, 0.717) is 12.1 Å². The molecule has 0 unspecified atom stereocenters. The Bertz CT molecular complexity index is 783. The van der Waals surface area contributed by atoms with Gasteiger partial charge in [-0.1, -0.05) is 0 Å². The molecule has 2 atom stereocenters. The molecule has 7 heteroatoms. The van der Waals surface area contributed by atoms with Gasteiger partial charge in [0.05, 0.1) is 0 Å². The summed E-state index contributed by atoms with van der Waals surface area (Å²) in [7, 11) is 0. The van der Waals surface area contributed by atoms with Gasteiger partial charge in [-0.15, -0.1) is 0 Å². The molecule has 2 aromatic rings. The predicted molar refractivity (Wildman–Crippen MR) is 87.7 cm³/mol. The molecule has 1 aliphatic rings. The molecule has 0 bridgehead atoms. The molecule has 0 aliphatic heterocycles. The highest BCUT2D eigenvalue weighted by Gasteiger charge is 2.45. The van der Waals surface area contributed by atoms with Crippen LogP contribution in [0.1, 0.15) is 24.3 Å². The molecular formula is C18H17F2N3O2. The third kappa shape index (κ3) is 4.37. The molecule has 1 saturated carbocycles. The molecule has 5 nitrogen and oxygen atoms in total. The Balaban J connectivity index is 1.43. The van der Waals surface area contributed by atoms with Crippen molar-refractivity contribution in [1.82, 2.24) is 10.3 Å². The predicted octanol–water partition coefficient (Wildman–Crippen LogP) is 2.61. The van der Waals surface area contributed by atoms with Crippen LogP contribution < -0.4 is 10.6 Å². The largest absolute Gasteiger partial charge is 0.355 e. The molecule has 2 amide bonds. The highest BCUT2D eigenvalue weighted by Crippen LogP contribution is 2.48. The van der Waals surface area contributed by atoms with Gasteiger partial charge in [-0.2, -0.15) is 0 Å². The number of carbonyl (C=O) groups is 2. The van der Waals surface area contributed by atoms with Gasteiger partial charge < -0.3 is 10.6 Å². The SMILES string of the molecule is O=C(CCNC(=O)[C@@H]1C[C@H]1c1cc(F)ccc1F)Nc1ccncc1. The minimum absolute atomic E-state index is 0.125. The highest BCUT2D eigenvalue weighted by molar-refractivity contribution is 5.91. The van der Waals surface area contributed by atoms with Crippen molar-refractivity contribution < 1.29 is 18.4 Å². The molecule has 1 fully saturated rings. The number of rotatable bonds is 6. The van der Waals surface area contributed by atoms with Gasteiger partial charge in [0.1, 0.15) is 11.6 Å². The van der Waals surface area contributed by atoms with Crippen LogP contribution in [0.25, 0.3) is 0 Å². The van der Waals surface area contributed by atoms with Crippen molar-refractivity contribution in [2.24, 2.45) is 5.92 Å². The van der Waals surface area contributed by atoms with Crippen LogP contribution in [0.4, 0.5) is 14.5 Å². The first-order chi connectivity index (χ1) is 12.0. The lowest BCUT2D eigenvalue weighted by molar-refractivity contribution is -0.122. The van der Waals surface area contributed by atoms with E-state index < -0.39 is 11.6 Å². The minimum atomic E-state index is -0.518. The van der Waals surface area contributed by atoms with Crippen molar-refractivity contribution in [3.63, 3.8) is 0 Å². The normalized spacial score (nSPS) is 18.5. The standard InChI is InChI=1S/C18H17F2N3O2/c19-11-1-2-16(20)14(9-11)13-10-15(13)18(25)22-8-5-17(24)23-12-3-6-21-7-4-12/h1-4,6-7,9,13,15H,5,8,10H2,(H,22,25)(H,21,23,24)/t13-,15+/m0/s1. The van der Waals surface area contributed by atoms with Crippen molar-refractivity contribution in [2.45, 2.75) is 18.8 Å². The van der Waals surface area contributed by atoms with Gasteiger partial charge in [0, 0.05) is 37.0 Å². The number of carbonyl (C=O) groups excluding carboxylic acids is 2. The minimum Gasteiger partial charge on any atom is -0.355 e. The monoisotopic (exact) mass is 345 g/mol. The lowest BCUT2D eigenvalue weighted by atomic mass is 10.1. The fourth-order valence-electron chi connectivity index (χ4n) is 2.72. The fraction of sp³-hybridized carbons (Fsp3) is 0.278. The number of pyridine rings is 1. The van der Waals surface area contributed by atoms with Gasteiger partial charge in [-0.05, 0) is 48.2 Å². The Labute approximate surface area is 143 Å². The maximum absolute atomic E-state index is 13.7. The first kappa shape index (κ1) is 17.0. The van der Waals surface area contributed by atoms with Gasteiger partial charge >= 0.3 is 0 Å². The van der Waals surface area contributed by atoms with Crippen molar-refractivity contribution in [2.75, 3.05) is 11.9 Å². The zero-order valence-electron chi connectivity index (χ0n) is 13.3. The third-order valence-corrected chi connectivity index (χ3v) is 4.10. The van der Waals surface area contributed by atoms with Crippen LogP contribution in [-0.2, 0) is 9.59 Å². The summed E-state index contributed by atoms with van der Waals surface area (Å²) >= 11 is 0. The van der Waals surface area contributed by atoms with Gasteiger partial charge in [0.15, 0.2) is 0 Å². The smallest absolute Gasteiger partial charge is 0.226 e. The first-order valence-corrected chi connectivity index (χ1v) is 7.97. The molecule has 1 aromatic carbocycles. The number of nitrogens with zero attached hydrogens (tertiary/aromatic N) is 1. The Morgan fingerprint density at radius 2 is 1.92 bits per heavy atom. The van der Waals surface area contributed by atoms with Crippen molar-refractivity contribution in [3.05, 3.63) is 59.9 Å². The maximum atomic E-state index is 13.7. The number of halogens is 2. The zero-order valence-corrected chi connectivity index (χ0v) is 13.3. The summed E-state index contributed by atoms with van der Waals surface area (Å²) in [4.78, 5) is 27.7. The zero-order chi connectivity index (χ0) is 17.8. The Hall–Kier alpha value is -2.83. The van der Waals surface area contributed by atoms with E-state index in [4.69, 9.17) is 0 Å². The van der Waals surface area contributed by atoms with Crippen LogP contribution >= 0.6 is 0 Å². The number of aromatic nitrogens is 1. The van der Waals surface area contributed by atoms with E-state index in [0.717, 1.165) is 18.2 Å².